The van der Waals surface area contributed by atoms with Crippen molar-refractivity contribution in [2.45, 2.75) is 45.6 Å². The van der Waals surface area contributed by atoms with Crippen molar-refractivity contribution in [1.82, 2.24) is 9.55 Å². The maximum Gasteiger partial charge on any atom is 0.305 e. The summed E-state index contributed by atoms with van der Waals surface area (Å²) in [5, 5.41) is 8.81. The molecule has 1 aromatic heterocycles. The van der Waals surface area contributed by atoms with Crippen LogP contribution in [0.2, 0.25) is 0 Å². The van der Waals surface area contributed by atoms with Crippen molar-refractivity contribution in [2.75, 3.05) is 0 Å². The van der Waals surface area contributed by atoms with Gasteiger partial charge in [0.2, 0.25) is 0 Å². The third kappa shape index (κ3) is 2.81. The molecular weight excluding hydrogens is 192 g/mol. The van der Waals surface area contributed by atoms with E-state index in [4.69, 9.17) is 5.11 Å². The Morgan fingerprint density at radius 1 is 1.60 bits per heavy atom. The van der Waals surface area contributed by atoms with Crippen molar-refractivity contribution < 1.29 is 9.90 Å². The average molecular weight is 210 g/mol. The molecule has 0 aliphatic rings. The van der Waals surface area contributed by atoms with Crippen molar-refractivity contribution in [3.8, 4) is 0 Å². The Balaban J connectivity index is 2.91. The van der Waals surface area contributed by atoms with E-state index in [0.717, 1.165) is 12.2 Å². The van der Waals surface area contributed by atoms with E-state index in [0.29, 0.717) is 5.92 Å². The van der Waals surface area contributed by atoms with E-state index in [-0.39, 0.29) is 12.5 Å². The predicted octanol–water partition coefficient (Wildman–Crippen LogP) is 2.43. The molecular formula is C11H18N2O2. The summed E-state index contributed by atoms with van der Waals surface area (Å²) in [6.07, 6.45) is 4.57. The van der Waals surface area contributed by atoms with Gasteiger partial charge in [-0.3, -0.25) is 4.79 Å². The zero-order valence-electron chi connectivity index (χ0n) is 9.47. The van der Waals surface area contributed by atoms with E-state index in [9.17, 15) is 4.79 Å². The topological polar surface area (TPSA) is 55.1 Å². The number of carboxylic acid groups (broad SMARTS) is 1. The predicted molar refractivity (Wildman–Crippen MR) is 57.9 cm³/mol. The third-order valence-electron chi connectivity index (χ3n) is 2.49. The van der Waals surface area contributed by atoms with Crippen LogP contribution in [0.1, 0.15) is 51.4 Å². The van der Waals surface area contributed by atoms with Gasteiger partial charge < -0.3 is 9.67 Å². The zero-order chi connectivity index (χ0) is 11.4. The zero-order valence-corrected chi connectivity index (χ0v) is 9.47. The van der Waals surface area contributed by atoms with E-state index in [1.54, 1.807) is 6.20 Å². The normalized spacial score (nSPS) is 13.1. The Morgan fingerprint density at radius 2 is 2.27 bits per heavy atom. The van der Waals surface area contributed by atoms with Gasteiger partial charge in [-0.2, -0.15) is 0 Å². The minimum Gasteiger partial charge on any atom is -0.481 e. The second-order valence-corrected chi connectivity index (χ2v) is 4.01. The van der Waals surface area contributed by atoms with Gasteiger partial charge in [0.15, 0.2) is 0 Å². The summed E-state index contributed by atoms with van der Waals surface area (Å²) < 4.78 is 1.98. The fraction of sp³-hybridized carbons (Fsp3) is 0.636. The summed E-state index contributed by atoms with van der Waals surface area (Å²) >= 11 is 0. The van der Waals surface area contributed by atoms with Crippen molar-refractivity contribution in [1.29, 1.82) is 0 Å². The molecule has 0 aliphatic carbocycles. The summed E-state index contributed by atoms with van der Waals surface area (Å²) in [6, 6.07) is 0.0161. The summed E-state index contributed by atoms with van der Waals surface area (Å²) in [5.41, 5.74) is 0. The van der Waals surface area contributed by atoms with Crippen LogP contribution in [0.5, 0.6) is 0 Å². The number of hydrogen-bond acceptors (Lipinski definition) is 2. The quantitative estimate of drug-likeness (QED) is 0.812. The number of nitrogens with zero attached hydrogens (tertiary/aromatic N) is 2. The van der Waals surface area contributed by atoms with Crippen LogP contribution in [0.3, 0.4) is 0 Å². The highest BCUT2D eigenvalue weighted by Crippen LogP contribution is 2.22. The highest BCUT2D eigenvalue weighted by atomic mass is 16.4. The maximum absolute atomic E-state index is 10.7. The maximum atomic E-state index is 10.7. The van der Waals surface area contributed by atoms with Gasteiger partial charge in [-0.05, 0) is 6.42 Å². The van der Waals surface area contributed by atoms with E-state index < -0.39 is 5.97 Å². The molecule has 0 radical (unpaired) electrons. The van der Waals surface area contributed by atoms with Crippen molar-refractivity contribution in [3.63, 3.8) is 0 Å². The van der Waals surface area contributed by atoms with Crippen LogP contribution in [0.15, 0.2) is 12.4 Å². The lowest BCUT2D eigenvalue weighted by Gasteiger charge is -2.18. The Morgan fingerprint density at radius 3 is 2.73 bits per heavy atom. The van der Waals surface area contributed by atoms with Crippen LogP contribution in [0.4, 0.5) is 0 Å². The molecule has 0 saturated heterocycles. The molecule has 0 aliphatic heterocycles. The van der Waals surface area contributed by atoms with Gasteiger partial charge in [-0.1, -0.05) is 20.8 Å². The van der Waals surface area contributed by atoms with Crippen LogP contribution < -0.4 is 0 Å². The monoisotopic (exact) mass is 210 g/mol. The fourth-order valence-corrected chi connectivity index (χ4v) is 1.72. The molecule has 15 heavy (non-hydrogen) atoms. The van der Waals surface area contributed by atoms with Gasteiger partial charge in [0.25, 0.3) is 0 Å². The molecule has 1 heterocycles. The van der Waals surface area contributed by atoms with Gasteiger partial charge in [0.05, 0.1) is 6.42 Å². The molecule has 84 valence electrons. The van der Waals surface area contributed by atoms with E-state index >= 15 is 0 Å². The van der Waals surface area contributed by atoms with Crippen molar-refractivity contribution >= 4 is 5.97 Å². The molecule has 0 amide bonds. The number of aliphatic carboxylic acids is 1. The molecule has 4 nitrogen and oxygen atoms in total. The smallest absolute Gasteiger partial charge is 0.305 e. The van der Waals surface area contributed by atoms with Crippen LogP contribution >= 0.6 is 0 Å². The minimum atomic E-state index is -0.759. The lowest BCUT2D eigenvalue weighted by Crippen LogP contribution is -2.15. The largest absolute Gasteiger partial charge is 0.481 e. The molecule has 1 rings (SSSR count). The van der Waals surface area contributed by atoms with Crippen LogP contribution in [-0.2, 0) is 4.79 Å². The number of carbonyl (C=O) groups is 1. The molecule has 0 spiro atoms. The molecule has 0 bridgehead atoms. The summed E-state index contributed by atoms with van der Waals surface area (Å²) in [7, 11) is 0. The highest BCUT2D eigenvalue weighted by molar-refractivity contribution is 5.67. The first-order valence-corrected chi connectivity index (χ1v) is 5.30. The van der Waals surface area contributed by atoms with Crippen molar-refractivity contribution in [2.24, 2.45) is 0 Å². The van der Waals surface area contributed by atoms with Gasteiger partial charge >= 0.3 is 5.97 Å². The van der Waals surface area contributed by atoms with E-state index in [1.165, 1.54) is 0 Å². The number of hydrogen-bond donors (Lipinski definition) is 1. The van der Waals surface area contributed by atoms with Gasteiger partial charge in [-0.15, -0.1) is 0 Å². The molecule has 0 saturated carbocycles. The first-order chi connectivity index (χ1) is 7.06. The Hall–Kier alpha value is -1.32. The molecule has 1 aromatic rings. The summed E-state index contributed by atoms with van der Waals surface area (Å²) in [4.78, 5) is 15.0. The van der Waals surface area contributed by atoms with Crippen LogP contribution in [0.25, 0.3) is 0 Å². The minimum absolute atomic E-state index is 0.0161. The SMILES string of the molecule is CCC(CC(=O)O)n1ccnc1C(C)C. The van der Waals surface area contributed by atoms with Crippen LogP contribution in [-0.4, -0.2) is 20.6 Å². The second kappa shape index (κ2) is 4.96. The lowest BCUT2D eigenvalue weighted by molar-refractivity contribution is -0.137. The number of carboxylic acids is 1. The Bertz CT molecular complexity index is 331. The third-order valence-corrected chi connectivity index (χ3v) is 2.49. The summed E-state index contributed by atoms with van der Waals surface area (Å²) in [6.45, 7) is 6.12. The fourth-order valence-electron chi connectivity index (χ4n) is 1.72. The second-order valence-electron chi connectivity index (χ2n) is 4.01. The van der Waals surface area contributed by atoms with Gasteiger partial charge in [-0.25, -0.2) is 4.98 Å². The summed E-state index contributed by atoms with van der Waals surface area (Å²) in [5.74, 6) is 0.524. The number of imidazole rings is 1. The van der Waals surface area contributed by atoms with Crippen LogP contribution in [0, 0.1) is 0 Å². The Labute approximate surface area is 89.9 Å². The molecule has 1 atom stereocenters. The number of aromatic nitrogens is 2. The first-order valence-electron chi connectivity index (χ1n) is 5.30. The van der Waals surface area contributed by atoms with E-state index in [1.807, 2.05) is 17.7 Å². The van der Waals surface area contributed by atoms with Crippen molar-refractivity contribution in [3.05, 3.63) is 18.2 Å². The Kier molecular flexibility index (Phi) is 3.88. The van der Waals surface area contributed by atoms with Gasteiger partial charge in [0.1, 0.15) is 5.82 Å². The van der Waals surface area contributed by atoms with E-state index in [2.05, 4.69) is 18.8 Å². The molecule has 1 unspecified atom stereocenters. The van der Waals surface area contributed by atoms with Gasteiger partial charge in [0, 0.05) is 24.4 Å². The molecule has 0 fully saturated rings. The first kappa shape index (κ1) is 11.8. The average Bonchev–Trinajstić information content (AvgIpc) is 2.62. The molecule has 1 N–H and O–H groups in total. The highest BCUT2D eigenvalue weighted by Gasteiger charge is 2.17. The molecule has 4 heteroatoms. The lowest BCUT2D eigenvalue weighted by atomic mass is 10.1. The molecule has 0 aromatic carbocycles. The standard InChI is InChI=1S/C11H18N2O2/c1-4-9(7-10(14)15)13-6-5-12-11(13)8(2)3/h5-6,8-9H,4,7H2,1-3H3,(H,14,15). The number of rotatable bonds is 5.